The average Bonchev–Trinajstić information content (AvgIpc) is 3.05. The van der Waals surface area contributed by atoms with Crippen LogP contribution < -0.4 is 0 Å². The monoisotopic (exact) mass is 328 g/mol. The van der Waals surface area contributed by atoms with E-state index in [9.17, 15) is 5.11 Å². The van der Waals surface area contributed by atoms with E-state index in [1.165, 1.54) is 31.5 Å². The van der Waals surface area contributed by atoms with Crippen molar-refractivity contribution >= 4 is 0 Å². The van der Waals surface area contributed by atoms with Crippen molar-refractivity contribution < 1.29 is 5.11 Å². The summed E-state index contributed by atoms with van der Waals surface area (Å²) < 4.78 is 0. The Morgan fingerprint density at radius 1 is 1.08 bits per heavy atom. The Bertz CT molecular complexity index is 580. The second-order valence-corrected chi connectivity index (χ2v) is 8.66. The van der Waals surface area contributed by atoms with Crippen molar-refractivity contribution in [2.24, 2.45) is 17.8 Å². The Balaban J connectivity index is 1.75. The zero-order valence-electron chi connectivity index (χ0n) is 15.4. The van der Waals surface area contributed by atoms with Crippen molar-refractivity contribution in [3.05, 3.63) is 35.4 Å². The van der Waals surface area contributed by atoms with Crippen LogP contribution >= 0.6 is 0 Å². The van der Waals surface area contributed by atoms with Gasteiger partial charge >= 0.3 is 0 Å². The third-order valence-electron chi connectivity index (χ3n) is 6.96. The van der Waals surface area contributed by atoms with E-state index >= 15 is 0 Å². The number of benzene rings is 1. The van der Waals surface area contributed by atoms with Gasteiger partial charge < -0.3 is 10.0 Å². The predicted octanol–water partition coefficient (Wildman–Crippen LogP) is 2.86. The van der Waals surface area contributed by atoms with E-state index in [4.69, 9.17) is 0 Å². The van der Waals surface area contributed by atoms with Gasteiger partial charge in [0.25, 0.3) is 0 Å². The van der Waals surface area contributed by atoms with Crippen molar-refractivity contribution in [3.8, 4) is 0 Å². The van der Waals surface area contributed by atoms with Crippen molar-refractivity contribution in [1.82, 2.24) is 9.80 Å². The van der Waals surface area contributed by atoms with E-state index in [2.05, 4.69) is 55.0 Å². The van der Waals surface area contributed by atoms with Gasteiger partial charge in [0.15, 0.2) is 0 Å². The Morgan fingerprint density at radius 2 is 1.75 bits per heavy atom. The van der Waals surface area contributed by atoms with Gasteiger partial charge in [-0.05, 0) is 57.8 Å². The average molecular weight is 329 g/mol. The maximum Gasteiger partial charge on any atom is 0.0992 e. The summed E-state index contributed by atoms with van der Waals surface area (Å²) in [5.41, 5.74) is 1.75. The van der Waals surface area contributed by atoms with Crippen molar-refractivity contribution in [2.75, 3.05) is 33.2 Å². The minimum atomic E-state index is -0.667. The van der Waals surface area contributed by atoms with Crippen LogP contribution in [0, 0.1) is 24.7 Å². The topological polar surface area (TPSA) is 26.7 Å². The standard InChI is InChI=1S/C21H32N2O/c1-15-6-8-17(9-7-15)21(24)18-12-16(2)20(23-10-4-5-11-23)19(21)14-22(3)13-18/h6-9,16,18-20,24H,4-5,10-14H2,1-3H3. The minimum Gasteiger partial charge on any atom is -0.384 e. The molecule has 1 saturated carbocycles. The van der Waals surface area contributed by atoms with Gasteiger partial charge in [0.05, 0.1) is 5.60 Å². The maximum atomic E-state index is 12.0. The van der Waals surface area contributed by atoms with E-state index in [0.717, 1.165) is 25.1 Å². The molecule has 1 aliphatic carbocycles. The molecule has 0 aromatic heterocycles. The quantitative estimate of drug-likeness (QED) is 0.904. The number of hydrogen-bond donors (Lipinski definition) is 1. The first-order chi connectivity index (χ1) is 11.5. The molecule has 0 radical (unpaired) electrons. The van der Waals surface area contributed by atoms with Gasteiger partial charge in [0.2, 0.25) is 0 Å². The molecule has 2 aliphatic heterocycles. The van der Waals surface area contributed by atoms with Crippen LogP contribution in [-0.2, 0) is 5.60 Å². The van der Waals surface area contributed by atoms with E-state index in [0.29, 0.717) is 23.8 Å². The molecule has 1 N–H and O–H groups in total. The van der Waals surface area contributed by atoms with Crippen LogP contribution in [0.2, 0.25) is 0 Å². The summed E-state index contributed by atoms with van der Waals surface area (Å²) in [5, 5.41) is 12.0. The molecule has 2 heterocycles. The SMILES string of the molecule is Cc1ccc(C2(O)C3CC(C)C(N4CCCC4)C2CN(C)C3)cc1. The zero-order chi connectivity index (χ0) is 16.9. The highest BCUT2D eigenvalue weighted by atomic mass is 16.3. The molecule has 4 rings (SSSR count). The molecular weight excluding hydrogens is 296 g/mol. The molecule has 3 fully saturated rings. The Kier molecular flexibility index (Phi) is 4.22. The summed E-state index contributed by atoms with van der Waals surface area (Å²) in [6.07, 6.45) is 3.77. The van der Waals surface area contributed by atoms with E-state index in [1.807, 2.05) is 0 Å². The Morgan fingerprint density at radius 3 is 2.42 bits per heavy atom. The van der Waals surface area contributed by atoms with Crippen molar-refractivity contribution in [3.63, 3.8) is 0 Å². The molecule has 5 unspecified atom stereocenters. The summed E-state index contributed by atoms with van der Waals surface area (Å²) in [6.45, 7) is 8.99. The molecule has 132 valence electrons. The molecule has 5 atom stereocenters. The van der Waals surface area contributed by atoms with E-state index in [-0.39, 0.29) is 0 Å². The summed E-state index contributed by atoms with van der Waals surface area (Å²) in [6, 6.07) is 9.19. The number of nitrogens with zero attached hydrogens (tertiary/aromatic N) is 2. The first kappa shape index (κ1) is 16.6. The Hall–Kier alpha value is -0.900. The molecule has 2 bridgehead atoms. The van der Waals surface area contributed by atoms with Crippen molar-refractivity contribution in [2.45, 2.75) is 44.8 Å². The number of piperidine rings is 1. The maximum absolute atomic E-state index is 12.0. The van der Waals surface area contributed by atoms with E-state index in [1.54, 1.807) is 0 Å². The number of hydrogen-bond acceptors (Lipinski definition) is 3. The van der Waals surface area contributed by atoms with Crippen LogP contribution in [0.15, 0.2) is 24.3 Å². The molecule has 3 nitrogen and oxygen atoms in total. The summed E-state index contributed by atoms with van der Waals surface area (Å²) >= 11 is 0. The van der Waals surface area contributed by atoms with Crippen LogP contribution in [0.5, 0.6) is 0 Å². The van der Waals surface area contributed by atoms with Crippen LogP contribution in [0.25, 0.3) is 0 Å². The van der Waals surface area contributed by atoms with Crippen molar-refractivity contribution in [1.29, 1.82) is 0 Å². The number of aliphatic hydroxyl groups is 1. The van der Waals surface area contributed by atoms with E-state index < -0.39 is 5.60 Å². The largest absolute Gasteiger partial charge is 0.384 e. The van der Waals surface area contributed by atoms with Gasteiger partial charge in [-0.3, -0.25) is 4.90 Å². The number of fused-ring (bicyclic) bond motifs is 2. The first-order valence-corrected chi connectivity index (χ1v) is 9.72. The number of rotatable bonds is 2. The fourth-order valence-electron chi connectivity index (χ4n) is 5.90. The fourth-order valence-corrected chi connectivity index (χ4v) is 5.90. The van der Waals surface area contributed by atoms with Crippen LogP contribution in [0.4, 0.5) is 0 Å². The van der Waals surface area contributed by atoms with Gasteiger partial charge in [-0.1, -0.05) is 36.8 Å². The zero-order valence-corrected chi connectivity index (χ0v) is 15.4. The number of aryl methyl sites for hydroxylation is 1. The molecule has 24 heavy (non-hydrogen) atoms. The van der Waals surface area contributed by atoms with Gasteiger partial charge in [-0.15, -0.1) is 0 Å². The lowest BCUT2D eigenvalue weighted by Gasteiger charge is -2.59. The first-order valence-electron chi connectivity index (χ1n) is 9.72. The smallest absolute Gasteiger partial charge is 0.0992 e. The lowest BCUT2D eigenvalue weighted by molar-refractivity contribution is -0.182. The highest BCUT2D eigenvalue weighted by Crippen LogP contribution is 2.52. The fraction of sp³-hybridized carbons (Fsp3) is 0.714. The van der Waals surface area contributed by atoms with Gasteiger partial charge in [-0.25, -0.2) is 0 Å². The highest BCUT2D eigenvalue weighted by molar-refractivity contribution is 5.31. The lowest BCUT2D eigenvalue weighted by Crippen LogP contribution is -2.66. The molecule has 1 aromatic carbocycles. The normalized spacial score (nSPS) is 40.8. The molecular formula is C21H32N2O. The molecule has 2 saturated heterocycles. The van der Waals surface area contributed by atoms with Crippen LogP contribution in [-0.4, -0.2) is 54.2 Å². The second kappa shape index (κ2) is 6.12. The molecule has 0 spiro atoms. The molecule has 0 amide bonds. The van der Waals surface area contributed by atoms with Gasteiger partial charge in [0.1, 0.15) is 0 Å². The minimum absolute atomic E-state index is 0.311. The Labute approximate surface area is 146 Å². The van der Waals surface area contributed by atoms with Gasteiger partial charge in [-0.2, -0.15) is 0 Å². The summed E-state index contributed by atoms with van der Waals surface area (Å²) in [7, 11) is 2.23. The second-order valence-electron chi connectivity index (χ2n) is 8.66. The molecule has 1 aromatic rings. The summed E-state index contributed by atoms with van der Waals surface area (Å²) in [5.74, 6) is 1.33. The third-order valence-corrected chi connectivity index (χ3v) is 6.96. The van der Waals surface area contributed by atoms with Crippen LogP contribution in [0.1, 0.15) is 37.3 Å². The van der Waals surface area contributed by atoms with Crippen LogP contribution in [0.3, 0.4) is 0 Å². The lowest BCUT2D eigenvalue weighted by atomic mass is 9.57. The predicted molar refractivity (Wildman–Crippen MR) is 97.9 cm³/mol. The van der Waals surface area contributed by atoms with Gasteiger partial charge in [0, 0.05) is 31.0 Å². The number of likely N-dealkylation sites (tertiary alicyclic amines) is 2. The molecule has 3 aliphatic rings. The third kappa shape index (κ3) is 2.53. The molecule has 3 heteroatoms. The summed E-state index contributed by atoms with van der Waals surface area (Å²) in [4.78, 5) is 5.14. The highest BCUT2D eigenvalue weighted by Gasteiger charge is 2.57.